The first-order valence-corrected chi connectivity index (χ1v) is 16.5. The number of likely N-dealkylation sites (tertiary alicyclic amines) is 1. The van der Waals surface area contributed by atoms with Crippen molar-refractivity contribution in [3.8, 4) is 5.75 Å². The van der Waals surface area contributed by atoms with E-state index < -0.39 is 42.2 Å². The Hall–Kier alpha value is -3.63. The van der Waals surface area contributed by atoms with Gasteiger partial charge in [0.05, 0.1) is 19.1 Å². The summed E-state index contributed by atoms with van der Waals surface area (Å²) in [5.41, 5.74) is 2.69. The van der Waals surface area contributed by atoms with E-state index in [1.165, 1.54) is 17.0 Å². The number of carboxylic acid groups (broad SMARTS) is 1. The molecule has 10 heteroatoms. The van der Waals surface area contributed by atoms with Crippen LogP contribution in [0.25, 0.3) is 0 Å². The van der Waals surface area contributed by atoms with E-state index >= 15 is 8.78 Å². The molecule has 2 saturated heterocycles. The van der Waals surface area contributed by atoms with E-state index in [9.17, 15) is 13.6 Å². The molecule has 3 aliphatic heterocycles. The predicted octanol–water partition coefficient (Wildman–Crippen LogP) is 7.30. The van der Waals surface area contributed by atoms with Crippen LogP contribution in [0, 0.1) is 17.0 Å². The molecule has 1 N–H and O–H groups in total. The summed E-state index contributed by atoms with van der Waals surface area (Å²) in [7, 11) is 0. The van der Waals surface area contributed by atoms with Crippen LogP contribution in [-0.4, -0.2) is 72.1 Å². The lowest BCUT2D eigenvalue weighted by molar-refractivity contribution is -0.138. The van der Waals surface area contributed by atoms with Gasteiger partial charge in [-0.2, -0.15) is 0 Å². The fourth-order valence-electron chi connectivity index (χ4n) is 7.83. The molecule has 2 fully saturated rings. The average Bonchev–Trinajstić information content (AvgIpc) is 2.97. The summed E-state index contributed by atoms with van der Waals surface area (Å²) >= 11 is 0. The largest absolute Gasteiger partial charge is 0.489 e. The van der Waals surface area contributed by atoms with Crippen LogP contribution in [-0.2, 0) is 17.8 Å². The SMILES string of the molecule is C[C@@H]1Cc2cc(OCc3ccccc3)ccc2C(c2c(F)cc(N3CC4(CCCN(CC(=O)O)CCC4)C3)cc2F)N1CC(C)(F)F. The van der Waals surface area contributed by atoms with Crippen molar-refractivity contribution in [2.75, 3.05) is 44.2 Å². The van der Waals surface area contributed by atoms with Gasteiger partial charge in [0.2, 0.25) is 0 Å². The molecule has 6 nitrogen and oxygen atoms in total. The van der Waals surface area contributed by atoms with Crippen LogP contribution in [0.15, 0.2) is 60.7 Å². The highest BCUT2D eigenvalue weighted by Gasteiger charge is 2.44. The highest BCUT2D eigenvalue weighted by Crippen LogP contribution is 2.46. The normalized spacial score (nSPS) is 21.9. The lowest BCUT2D eigenvalue weighted by Gasteiger charge is -2.53. The minimum Gasteiger partial charge on any atom is -0.489 e. The molecule has 47 heavy (non-hydrogen) atoms. The summed E-state index contributed by atoms with van der Waals surface area (Å²) in [5, 5.41) is 9.14. The molecule has 3 aromatic rings. The number of aliphatic carboxylic acids is 1. The molecule has 2 atom stereocenters. The average molecular weight is 654 g/mol. The number of hydrogen-bond donors (Lipinski definition) is 1. The summed E-state index contributed by atoms with van der Waals surface area (Å²) in [6.07, 6.45) is 4.04. The van der Waals surface area contributed by atoms with Crippen LogP contribution >= 0.6 is 0 Å². The highest BCUT2D eigenvalue weighted by atomic mass is 19.3. The fourth-order valence-corrected chi connectivity index (χ4v) is 7.83. The quantitative estimate of drug-likeness (QED) is 0.245. The fraction of sp³-hybridized carbons (Fsp3) is 0.486. The molecule has 0 bridgehead atoms. The topological polar surface area (TPSA) is 56.3 Å². The number of benzene rings is 3. The second-order valence-corrected chi connectivity index (χ2v) is 13.9. The third-order valence-corrected chi connectivity index (χ3v) is 10.0. The maximum atomic E-state index is 16.2. The molecule has 1 unspecified atom stereocenters. The molecule has 3 aliphatic rings. The third-order valence-electron chi connectivity index (χ3n) is 10.0. The van der Waals surface area contributed by atoms with Crippen molar-refractivity contribution >= 4 is 11.7 Å². The Morgan fingerprint density at radius 1 is 1.00 bits per heavy atom. The van der Waals surface area contributed by atoms with Gasteiger partial charge in [-0.05, 0) is 93.1 Å². The Kier molecular flexibility index (Phi) is 9.54. The number of nitrogens with zero attached hydrogens (tertiary/aromatic N) is 3. The van der Waals surface area contributed by atoms with Crippen LogP contribution in [0.4, 0.5) is 23.2 Å². The number of rotatable bonds is 9. The van der Waals surface area contributed by atoms with Gasteiger partial charge in [-0.1, -0.05) is 36.4 Å². The number of carboxylic acids is 1. The first-order valence-electron chi connectivity index (χ1n) is 16.5. The minimum absolute atomic E-state index is 0.0441. The van der Waals surface area contributed by atoms with Crippen LogP contribution in [0.3, 0.4) is 0 Å². The van der Waals surface area contributed by atoms with E-state index in [2.05, 4.69) is 0 Å². The van der Waals surface area contributed by atoms with E-state index in [0.717, 1.165) is 56.8 Å². The zero-order valence-corrected chi connectivity index (χ0v) is 27.0. The van der Waals surface area contributed by atoms with Crippen molar-refractivity contribution < 1.29 is 32.2 Å². The Bertz CT molecular complexity index is 1540. The zero-order valence-electron chi connectivity index (χ0n) is 27.0. The second-order valence-electron chi connectivity index (χ2n) is 13.9. The number of anilines is 1. The first-order chi connectivity index (χ1) is 22.4. The Balaban J connectivity index is 1.23. The molecule has 0 saturated carbocycles. The molecule has 0 amide bonds. The summed E-state index contributed by atoms with van der Waals surface area (Å²) in [4.78, 5) is 16.6. The van der Waals surface area contributed by atoms with Crippen LogP contribution in [0.2, 0.25) is 0 Å². The van der Waals surface area contributed by atoms with Crippen LogP contribution in [0.5, 0.6) is 5.75 Å². The van der Waals surface area contributed by atoms with Gasteiger partial charge >= 0.3 is 5.97 Å². The van der Waals surface area contributed by atoms with Gasteiger partial charge in [-0.3, -0.25) is 14.6 Å². The zero-order chi connectivity index (χ0) is 33.3. The summed E-state index contributed by atoms with van der Waals surface area (Å²) in [5.74, 6) is -4.77. The molecular weight excluding hydrogens is 610 g/mol. The number of fused-ring (bicyclic) bond motifs is 1. The molecular formula is C37H43F4N3O3. The van der Waals surface area contributed by atoms with Gasteiger partial charge in [0.15, 0.2) is 0 Å². The lowest BCUT2D eigenvalue weighted by Crippen LogP contribution is -2.57. The summed E-state index contributed by atoms with van der Waals surface area (Å²) < 4.78 is 67.4. The third kappa shape index (κ3) is 7.59. The summed E-state index contributed by atoms with van der Waals surface area (Å²) in [6.45, 7) is 5.22. The number of hydrogen-bond acceptors (Lipinski definition) is 5. The van der Waals surface area contributed by atoms with Gasteiger partial charge in [-0.25, -0.2) is 17.6 Å². The maximum Gasteiger partial charge on any atom is 0.317 e. The molecule has 1 spiro atoms. The monoisotopic (exact) mass is 653 g/mol. The Labute approximate surface area is 273 Å². The first kappa shape index (κ1) is 33.3. The maximum absolute atomic E-state index is 16.2. The van der Waals surface area contributed by atoms with Crippen molar-refractivity contribution in [3.05, 3.63) is 94.6 Å². The summed E-state index contributed by atoms with van der Waals surface area (Å²) in [6, 6.07) is 16.3. The van der Waals surface area contributed by atoms with E-state index in [1.54, 1.807) is 12.1 Å². The molecule has 6 rings (SSSR count). The molecule has 252 valence electrons. The number of ether oxygens (including phenoxy) is 1. The van der Waals surface area contributed by atoms with Crippen LogP contribution < -0.4 is 9.64 Å². The Morgan fingerprint density at radius 3 is 2.28 bits per heavy atom. The lowest BCUT2D eigenvalue weighted by atomic mass is 9.71. The van der Waals surface area contributed by atoms with E-state index in [0.29, 0.717) is 43.1 Å². The van der Waals surface area contributed by atoms with E-state index in [-0.39, 0.29) is 17.5 Å². The van der Waals surface area contributed by atoms with Crippen molar-refractivity contribution in [1.29, 1.82) is 0 Å². The molecule has 0 aliphatic carbocycles. The number of carbonyl (C=O) groups is 1. The minimum atomic E-state index is -3.07. The van der Waals surface area contributed by atoms with E-state index in [4.69, 9.17) is 9.84 Å². The van der Waals surface area contributed by atoms with Gasteiger partial charge < -0.3 is 14.7 Å². The molecule has 0 radical (unpaired) electrons. The van der Waals surface area contributed by atoms with Crippen molar-refractivity contribution in [3.63, 3.8) is 0 Å². The number of halogens is 4. The molecule has 3 heterocycles. The molecule has 3 aromatic carbocycles. The Morgan fingerprint density at radius 2 is 1.66 bits per heavy atom. The predicted molar refractivity (Wildman–Crippen MR) is 173 cm³/mol. The van der Waals surface area contributed by atoms with Crippen molar-refractivity contribution in [2.45, 2.75) is 70.6 Å². The number of alkyl halides is 2. The van der Waals surface area contributed by atoms with Crippen molar-refractivity contribution in [2.24, 2.45) is 5.41 Å². The van der Waals surface area contributed by atoms with Gasteiger partial charge in [0.1, 0.15) is 24.0 Å². The smallest absolute Gasteiger partial charge is 0.317 e. The van der Waals surface area contributed by atoms with Gasteiger partial charge in [0, 0.05) is 42.7 Å². The van der Waals surface area contributed by atoms with Crippen molar-refractivity contribution in [1.82, 2.24) is 9.80 Å². The second kappa shape index (κ2) is 13.5. The van der Waals surface area contributed by atoms with Gasteiger partial charge in [-0.15, -0.1) is 0 Å². The molecule has 0 aromatic heterocycles. The van der Waals surface area contributed by atoms with E-state index in [1.807, 2.05) is 53.1 Å². The van der Waals surface area contributed by atoms with Gasteiger partial charge in [0.25, 0.3) is 5.92 Å². The highest BCUT2D eigenvalue weighted by molar-refractivity contribution is 5.69. The van der Waals surface area contributed by atoms with Crippen LogP contribution in [0.1, 0.15) is 67.8 Å². The standard InChI is InChI=1S/C37H43F4N3O3/c1-25-16-27-17-29(47-21-26-8-4-3-5-9-26)10-11-30(27)35(44(25)22-36(2,40)41)34-31(38)18-28(19-32(34)39)43-23-37(24-43)12-6-14-42(15-7-13-37)20-33(45)46/h3-5,8-11,17-19,25,35H,6-7,12-16,20-24H2,1-2H3,(H,45,46)/t25-,35?/m1/s1.